The predicted octanol–water partition coefficient (Wildman–Crippen LogP) is 5.21. The third-order valence-electron chi connectivity index (χ3n) is 5.97. The molecule has 0 unspecified atom stereocenters. The Labute approximate surface area is 140 Å². The molecular formula is C21H26BN. The van der Waals surface area contributed by atoms with Crippen molar-refractivity contribution in [3.8, 4) is 0 Å². The molecule has 3 saturated heterocycles. The summed E-state index contributed by atoms with van der Waals surface area (Å²) in [6.07, 6.45) is 14.3. The summed E-state index contributed by atoms with van der Waals surface area (Å²) < 4.78 is 0. The minimum Gasteiger partial charge on any atom is -0.264 e. The lowest BCUT2D eigenvalue weighted by Crippen LogP contribution is -2.42. The van der Waals surface area contributed by atoms with Gasteiger partial charge in [0.15, 0.2) is 0 Å². The minimum absolute atomic E-state index is 0.967. The summed E-state index contributed by atoms with van der Waals surface area (Å²) in [5.41, 5.74) is 2.59. The summed E-state index contributed by atoms with van der Waals surface area (Å²) >= 11 is 0. The van der Waals surface area contributed by atoms with Gasteiger partial charge in [-0.3, -0.25) is 4.98 Å². The third kappa shape index (κ3) is 3.86. The maximum absolute atomic E-state index is 4.08. The van der Waals surface area contributed by atoms with Crippen LogP contribution in [0.1, 0.15) is 30.4 Å². The second-order valence-corrected chi connectivity index (χ2v) is 7.90. The van der Waals surface area contributed by atoms with Crippen LogP contribution in [0.3, 0.4) is 0 Å². The van der Waals surface area contributed by atoms with E-state index in [9.17, 15) is 0 Å². The van der Waals surface area contributed by atoms with E-state index in [-0.39, 0.29) is 0 Å². The lowest BCUT2D eigenvalue weighted by molar-refractivity contribution is 0.194. The van der Waals surface area contributed by atoms with Gasteiger partial charge >= 0.3 is 0 Å². The van der Waals surface area contributed by atoms with Crippen LogP contribution in [0.2, 0.25) is 19.0 Å². The van der Waals surface area contributed by atoms with Crippen molar-refractivity contribution in [2.45, 2.75) is 44.6 Å². The van der Waals surface area contributed by atoms with Crippen LogP contribution in [0.5, 0.6) is 0 Å². The van der Waals surface area contributed by atoms with E-state index in [2.05, 4.69) is 35.3 Å². The van der Waals surface area contributed by atoms with Crippen molar-refractivity contribution in [2.24, 2.45) is 17.8 Å². The molecule has 4 fully saturated rings. The molecule has 0 N–H and O–H groups in total. The molecule has 2 aromatic rings. The summed E-state index contributed by atoms with van der Waals surface area (Å²) in [7, 11) is 0. The molecule has 1 nitrogen and oxygen atoms in total. The molecule has 1 saturated carbocycles. The summed E-state index contributed by atoms with van der Waals surface area (Å²) in [6, 6.07) is 14.5. The van der Waals surface area contributed by atoms with Gasteiger partial charge in [-0.15, -0.1) is 0 Å². The van der Waals surface area contributed by atoms with Gasteiger partial charge in [-0.1, -0.05) is 55.4 Å². The number of nitrogens with zero attached hydrogens (tertiary/aromatic N) is 1. The van der Waals surface area contributed by atoms with E-state index in [1.54, 1.807) is 44.4 Å². The Bertz CT molecular complexity index is 516. The Morgan fingerprint density at radius 3 is 1.91 bits per heavy atom. The van der Waals surface area contributed by atoms with E-state index >= 15 is 0 Å². The fourth-order valence-electron chi connectivity index (χ4n) is 5.32. The van der Waals surface area contributed by atoms with Crippen LogP contribution in [-0.4, -0.2) is 11.7 Å². The molecule has 3 aliphatic heterocycles. The molecule has 1 aromatic heterocycles. The number of rotatable bonds is 2. The van der Waals surface area contributed by atoms with Crippen LogP contribution in [0.15, 0.2) is 54.9 Å². The van der Waals surface area contributed by atoms with E-state index in [0.29, 0.717) is 0 Å². The fourth-order valence-corrected chi connectivity index (χ4v) is 5.32. The number of aromatic nitrogens is 1. The zero-order valence-electron chi connectivity index (χ0n) is 13.9. The van der Waals surface area contributed by atoms with Crippen LogP contribution < -0.4 is 0 Å². The van der Waals surface area contributed by atoms with Crippen LogP contribution in [0, 0.1) is 17.8 Å². The molecule has 1 aliphatic carbocycles. The molecule has 0 radical (unpaired) electrons. The van der Waals surface area contributed by atoms with Gasteiger partial charge in [0.2, 0.25) is 0 Å². The molecule has 23 heavy (non-hydrogen) atoms. The van der Waals surface area contributed by atoms with Gasteiger partial charge in [0.05, 0.1) is 0 Å². The molecule has 4 bridgehead atoms. The first-order valence-corrected chi connectivity index (χ1v) is 9.28. The second kappa shape index (κ2) is 6.90. The quantitative estimate of drug-likeness (QED) is 0.694. The van der Waals surface area contributed by atoms with Crippen LogP contribution >= 0.6 is 0 Å². The SMILES string of the molecule is C1B2CC3CC1CC(C2)C3.c1ccc(Cc2cccnc2)cc1. The molecule has 0 amide bonds. The van der Waals surface area contributed by atoms with Gasteiger partial charge in [0, 0.05) is 12.4 Å². The molecule has 4 heterocycles. The van der Waals surface area contributed by atoms with Crippen molar-refractivity contribution >= 4 is 6.71 Å². The largest absolute Gasteiger partial charge is 0.264 e. The molecule has 2 heteroatoms. The van der Waals surface area contributed by atoms with Crippen molar-refractivity contribution in [3.63, 3.8) is 0 Å². The highest BCUT2D eigenvalue weighted by atomic mass is 14.6. The highest BCUT2D eigenvalue weighted by Crippen LogP contribution is 2.51. The Kier molecular flexibility index (Phi) is 4.50. The number of benzene rings is 1. The Hall–Kier alpha value is -1.57. The highest BCUT2D eigenvalue weighted by molar-refractivity contribution is 6.59. The molecule has 1 aromatic carbocycles. The normalized spacial score (nSPS) is 27.5. The lowest BCUT2D eigenvalue weighted by atomic mass is 9.28. The number of hydrogen-bond acceptors (Lipinski definition) is 1. The first-order valence-electron chi connectivity index (χ1n) is 9.28. The van der Waals surface area contributed by atoms with E-state index in [1.165, 1.54) is 35.6 Å². The molecule has 0 spiro atoms. The molecule has 0 atom stereocenters. The van der Waals surface area contributed by atoms with E-state index in [4.69, 9.17) is 0 Å². The van der Waals surface area contributed by atoms with E-state index < -0.39 is 0 Å². The second-order valence-electron chi connectivity index (χ2n) is 7.90. The van der Waals surface area contributed by atoms with Crippen molar-refractivity contribution < 1.29 is 0 Å². The lowest BCUT2D eigenvalue weighted by Gasteiger charge is -2.48. The third-order valence-corrected chi connectivity index (χ3v) is 5.97. The standard InChI is InChI=1S/C12H11N.C9H15B/c1-2-5-11(6-3-1)9-12-7-4-8-13-10-12;1-7-2-9-3-8(1)5-10(4-7)6-9/h1-8,10H,9H2;7-9H,1-6H2. The molecule has 4 aliphatic rings. The van der Waals surface area contributed by atoms with Crippen molar-refractivity contribution in [1.82, 2.24) is 4.98 Å². The van der Waals surface area contributed by atoms with Crippen molar-refractivity contribution in [2.75, 3.05) is 0 Å². The summed E-state index contributed by atoms with van der Waals surface area (Å²) in [5, 5.41) is 0. The maximum atomic E-state index is 4.08. The summed E-state index contributed by atoms with van der Waals surface area (Å²) in [4.78, 5) is 4.08. The zero-order valence-corrected chi connectivity index (χ0v) is 13.9. The smallest absolute Gasteiger partial charge is 0.140 e. The first kappa shape index (κ1) is 15.0. The van der Waals surface area contributed by atoms with E-state index in [0.717, 1.165) is 6.42 Å². The van der Waals surface area contributed by atoms with Crippen LogP contribution in [0.4, 0.5) is 0 Å². The first-order chi connectivity index (χ1) is 11.3. The Balaban J connectivity index is 0.000000121. The maximum Gasteiger partial charge on any atom is 0.140 e. The molecular weight excluding hydrogens is 277 g/mol. The molecule has 118 valence electrons. The van der Waals surface area contributed by atoms with Crippen LogP contribution in [0.25, 0.3) is 0 Å². The number of hydrogen-bond donors (Lipinski definition) is 0. The minimum atomic E-state index is 0.967. The van der Waals surface area contributed by atoms with Gasteiger partial charge in [-0.25, -0.2) is 0 Å². The number of pyridine rings is 1. The van der Waals surface area contributed by atoms with Gasteiger partial charge in [-0.05, 0) is 60.6 Å². The van der Waals surface area contributed by atoms with Crippen molar-refractivity contribution in [1.29, 1.82) is 0 Å². The zero-order chi connectivity index (χ0) is 15.5. The fraction of sp³-hybridized carbons (Fsp3) is 0.476. The Morgan fingerprint density at radius 1 is 0.783 bits per heavy atom. The molecule has 6 rings (SSSR count). The van der Waals surface area contributed by atoms with E-state index in [1.807, 2.05) is 18.3 Å². The van der Waals surface area contributed by atoms with Gasteiger partial charge < -0.3 is 0 Å². The summed E-state index contributed by atoms with van der Waals surface area (Å²) in [5.74, 6) is 3.53. The topological polar surface area (TPSA) is 12.9 Å². The van der Waals surface area contributed by atoms with Gasteiger partial charge in [0.25, 0.3) is 0 Å². The van der Waals surface area contributed by atoms with Gasteiger partial charge in [-0.2, -0.15) is 0 Å². The van der Waals surface area contributed by atoms with Crippen LogP contribution in [-0.2, 0) is 6.42 Å². The Morgan fingerprint density at radius 2 is 1.39 bits per heavy atom. The van der Waals surface area contributed by atoms with Gasteiger partial charge in [0.1, 0.15) is 6.71 Å². The average molecular weight is 303 g/mol. The summed E-state index contributed by atoms with van der Waals surface area (Å²) in [6.45, 7) is 1.18. The van der Waals surface area contributed by atoms with Crippen molar-refractivity contribution in [3.05, 3.63) is 66.0 Å². The predicted molar refractivity (Wildman–Crippen MR) is 98.0 cm³/mol. The average Bonchev–Trinajstić information content (AvgIpc) is 2.56. The highest BCUT2D eigenvalue weighted by Gasteiger charge is 2.43. The monoisotopic (exact) mass is 303 g/mol.